The molecule has 1 aliphatic rings. The van der Waals surface area contributed by atoms with Gasteiger partial charge in [-0.15, -0.1) is 17.9 Å². The third kappa shape index (κ3) is 2.59. The van der Waals surface area contributed by atoms with E-state index in [-0.39, 0.29) is 17.9 Å². The fourth-order valence-electron chi connectivity index (χ4n) is 2.74. The van der Waals surface area contributed by atoms with Gasteiger partial charge in [-0.3, -0.25) is 9.59 Å². The standard InChI is InChI=1S/C18H15NO3S/c1-2-10-19-15(12-7-4-3-5-8-12)14(17(21)18(19)22)16(20)13-9-6-11-23-13/h2-9,11,15,21H,1,10H2. The number of hydrogen-bond acceptors (Lipinski definition) is 4. The number of hydrogen-bond donors (Lipinski definition) is 1. The maximum atomic E-state index is 12.8. The van der Waals surface area contributed by atoms with E-state index in [0.717, 1.165) is 5.56 Å². The molecule has 0 spiro atoms. The predicted octanol–water partition coefficient (Wildman–Crippen LogP) is 3.51. The molecule has 2 heterocycles. The highest BCUT2D eigenvalue weighted by Gasteiger charge is 2.43. The van der Waals surface area contributed by atoms with Crippen LogP contribution < -0.4 is 0 Å². The van der Waals surface area contributed by atoms with Crippen molar-refractivity contribution in [1.29, 1.82) is 0 Å². The number of benzene rings is 1. The van der Waals surface area contributed by atoms with Crippen LogP contribution in [0.3, 0.4) is 0 Å². The van der Waals surface area contributed by atoms with Gasteiger partial charge in [0.15, 0.2) is 5.76 Å². The van der Waals surface area contributed by atoms with Gasteiger partial charge in [0.05, 0.1) is 16.5 Å². The number of aliphatic hydroxyl groups excluding tert-OH is 1. The Balaban J connectivity index is 2.11. The lowest BCUT2D eigenvalue weighted by molar-refractivity contribution is -0.128. The summed E-state index contributed by atoms with van der Waals surface area (Å²) < 4.78 is 0. The van der Waals surface area contributed by atoms with E-state index in [1.165, 1.54) is 16.2 Å². The summed E-state index contributed by atoms with van der Waals surface area (Å²) in [7, 11) is 0. The van der Waals surface area contributed by atoms with Crippen LogP contribution in [-0.4, -0.2) is 28.2 Å². The van der Waals surface area contributed by atoms with Gasteiger partial charge in [-0.25, -0.2) is 0 Å². The molecule has 0 radical (unpaired) electrons. The summed E-state index contributed by atoms with van der Waals surface area (Å²) in [5, 5.41) is 12.1. The molecule has 0 saturated carbocycles. The van der Waals surface area contributed by atoms with Crippen LogP contribution >= 0.6 is 11.3 Å². The number of aliphatic hydroxyl groups is 1. The van der Waals surface area contributed by atoms with Crippen LogP contribution in [0.15, 0.2) is 71.8 Å². The summed E-state index contributed by atoms with van der Waals surface area (Å²) in [6, 6.07) is 12.1. The highest BCUT2D eigenvalue weighted by atomic mass is 32.1. The molecule has 0 saturated heterocycles. The number of ketones is 1. The molecule has 0 bridgehead atoms. The average molecular weight is 325 g/mol. The van der Waals surface area contributed by atoms with Gasteiger partial charge >= 0.3 is 0 Å². The minimum absolute atomic E-state index is 0.130. The number of nitrogens with zero attached hydrogens (tertiary/aromatic N) is 1. The Bertz CT molecular complexity index is 778. The van der Waals surface area contributed by atoms with Gasteiger partial charge in [0, 0.05) is 6.54 Å². The van der Waals surface area contributed by atoms with Crippen molar-refractivity contribution in [3.8, 4) is 0 Å². The molecule has 1 unspecified atom stereocenters. The number of rotatable bonds is 5. The van der Waals surface area contributed by atoms with E-state index in [4.69, 9.17) is 0 Å². The SMILES string of the molecule is C=CCN1C(=O)C(O)=C(C(=O)c2cccs2)C1c1ccccc1. The summed E-state index contributed by atoms with van der Waals surface area (Å²) in [5.74, 6) is -1.33. The monoisotopic (exact) mass is 325 g/mol. The largest absolute Gasteiger partial charge is 0.503 e. The molecule has 3 rings (SSSR count). The van der Waals surface area contributed by atoms with Gasteiger partial charge in [-0.1, -0.05) is 42.5 Å². The first-order valence-electron chi connectivity index (χ1n) is 7.13. The Hall–Kier alpha value is -2.66. The minimum Gasteiger partial charge on any atom is -0.503 e. The number of carbonyl (C=O) groups excluding carboxylic acids is 2. The Morgan fingerprint density at radius 3 is 2.61 bits per heavy atom. The molecular weight excluding hydrogens is 310 g/mol. The second-order valence-corrected chi connectivity index (χ2v) is 6.08. The zero-order valence-corrected chi connectivity index (χ0v) is 13.1. The molecule has 1 amide bonds. The lowest BCUT2D eigenvalue weighted by Crippen LogP contribution is -2.31. The van der Waals surface area contributed by atoms with E-state index < -0.39 is 17.7 Å². The molecule has 23 heavy (non-hydrogen) atoms. The first-order valence-corrected chi connectivity index (χ1v) is 8.01. The zero-order chi connectivity index (χ0) is 16.4. The molecule has 0 aliphatic carbocycles. The zero-order valence-electron chi connectivity index (χ0n) is 12.3. The van der Waals surface area contributed by atoms with Crippen LogP contribution in [0, 0.1) is 0 Å². The average Bonchev–Trinajstić information content (AvgIpc) is 3.18. The summed E-state index contributed by atoms with van der Waals surface area (Å²) in [6.45, 7) is 3.91. The van der Waals surface area contributed by atoms with Crippen LogP contribution in [0.1, 0.15) is 21.3 Å². The number of Topliss-reactive ketones (excluding diaryl/α,β-unsaturated/α-hetero) is 1. The van der Waals surface area contributed by atoms with E-state index in [1.54, 1.807) is 23.6 Å². The Morgan fingerprint density at radius 2 is 2.00 bits per heavy atom. The van der Waals surface area contributed by atoms with Crippen molar-refractivity contribution >= 4 is 23.0 Å². The Kier molecular flexibility index (Phi) is 4.12. The van der Waals surface area contributed by atoms with Crippen LogP contribution in [0.4, 0.5) is 0 Å². The van der Waals surface area contributed by atoms with Crippen molar-refractivity contribution < 1.29 is 14.7 Å². The van der Waals surface area contributed by atoms with Crippen molar-refractivity contribution in [3.05, 3.63) is 82.3 Å². The highest BCUT2D eigenvalue weighted by molar-refractivity contribution is 7.12. The fraction of sp³-hybridized carbons (Fsp3) is 0.111. The molecule has 1 aromatic heterocycles. The lowest BCUT2D eigenvalue weighted by Gasteiger charge is -2.25. The molecule has 1 atom stereocenters. The van der Waals surface area contributed by atoms with Crippen LogP contribution in [0.25, 0.3) is 0 Å². The van der Waals surface area contributed by atoms with Crippen LogP contribution in [0.5, 0.6) is 0 Å². The van der Waals surface area contributed by atoms with Gasteiger partial charge in [0.2, 0.25) is 5.78 Å². The van der Waals surface area contributed by atoms with Crippen molar-refractivity contribution in [2.75, 3.05) is 6.54 Å². The van der Waals surface area contributed by atoms with Crippen molar-refractivity contribution in [3.63, 3.8) is 0 Å². The van der Waals surface area contributed by atoms with E-state index in [1.807, 2.05) is 30.3 Å². The Morgan fingerprint density at radius 1 is 1.26 bits per heavy atom. The van der Waals surface area contributed by atoms with Crippen molar-refractivity contribution in [2.45, 2.75) is 6.04 Å². The summed E-state index contributed by atoms with van der Waals surface area (Å²) in [5.41, 5.74) is 0.914. The minimum atomic E-state index is -0.601. The van der Waals surface area contributed by atoms with Crippen molar-refractivity contribution in [1.82, 2.24) is 4.90 Å². The predicted molar refractivity (Wildman–Crippen MR) is 89.4 cm³/mol. The second-order valence-electron chi connectivity index (χ2n) is 5.13. The number of amides is 1. The smallest absolute Gasteiger partial charge is 0.290 e. The number of carbonyl (C=O) groups is 2. The summed E-state index contributed by atoms with van der Waals surface area (Å²) in [4.78, 5) is 27.1. The molecule has 1 N–H and O–H groups in total. The van der Waals surface area contributed by atoms with Crippen LogP contribution in [0.2, 0.25) is 0 Å². The summed E-state index contributed by atoms with van der Waals surface area (Å²) in [6.07, 6.45) is 1.58. The van der Waals surface area contributed by atoms with Gasteiger partial charge in [-0.2, -0.15) is 0 Å². The Labute approximate surface area is 138 Å². The normalized spacial score (nSPS) is 17.7. The van der Waals surface area contributed by atoms with E-state index >= 15 is 0 Å². The van der Waals surface area contributed by atoms with Gasteiger partial charge < -0.3 is 10.0 Å². The molecule has 116 valence electrons. The van der Waals surface area contributed by atoms with E-state index in [2.05, 4.69) is 6.58 Å². The molecule has 0 fully saturated rings. The summed E-state index contributed by atoms with van der Waals surface area (Å²) >= 11 is 1.29. The topological polar surface area (TPSA) is 57.6 Å². The van der Waals surface area contributed by atoms with Gasteiger partial charge in [0.1, 0.15) is 0 Å². The van der Waals surface area contributed by atoms with Gasteiger partial charge in [-0.05, 0) is 17.0 Å². The third-order valence-electron chi connectivity index (χ3n) is 3.73. The second kappa shape index (κ2) is 6.22. The maximum absolute atomic E-state index is 12.8. The van der Waals surface area contributed by atoms with E-state index in [9.17, 15) is 14.7 Å². The quantitative estimate of drug-likeness (QED) is 0.676. The fourth-order valence-corrected chi connectivity index (χ4v) is 3.41. The van der Waals surface area contributed by atoms with Crippen LogP contribution in [-0.2, 0) is 4.79 Å². The maximum Gasteiger partial charge on any atom is 0.290 e. The first kappa shape index (κ1) is 15.2. The lowest BCUT2D eigenvalue weighted by atomic mass is 9.95. The number of thiophene rings is 1. The molecule has 1 aromatic carbocycles. The van der Waals surface area contributed by atoms with E-state index in [0.29, 0.717) is 4.88 Å². The molecule has 1 aliphatic heterocycles. The highest BCUT2D eigenvalue weighted by Crippen LogP contribution is 2.39. The molecule has 4 nitrogen and oxygen atoms in total. The van der Waals surface area contributed by atoms with Crippen molar-refractivity contribution in [2.24, 2.45) is 0 Å². The van der Waals surface area contributed by atoms with Gasteiger partial charge in [0.25, 0.3) is 5.91 Å². The first-order chi connectivity index (χ1) is 11.1. The molecule has 2 aromatic rings. The molecular formula is C18H15NO3S. The molecule has 5 heteroatoms. The third-order valence-corrected chi connectivity index (χ3v) is 4.60.